The summed E-state index contributed by atoms with van der Waals surface area (Å²) in [6, 6.07) is 6.27. The van der Waals surface area contributed by atoms with Gasteiger partial charge in [0.25, 0.3) is 5.91 Å². The lowest BCUT2D eigenvalue weighted by Gasteiger charge is -2.17. The molecule has 32 heavy (non-hydrogen) atoms. The lowest BCUT2D eigenvalue weighted by Crippen LogP contribution is -2.40. The van der Waals surface area contributed by atoms with Crippen LogP contribution in [-0.2, 0) is 10.9 Å². The molecule has 170 valence electrons. The number of nitrogens with zero attached hydrogens (tertiary/aromatic N) is 2. The molecule has 3 N–H and O–H groups in total. The summed E-state index contributed by atoms with van der Waals surface area (Å²) in [4.78, 5) is 16.5. The van der Waals surface area contributed by atoms with Crippen LogP contribution in [0.1, 0.15) is 22.8 Å². The zero-order valence-corrected chi connectivity index (χ0v) is 17.6. The number of H-pyrrole nitrogens is 1. The van der Waals surface area contributed by atoms with Gasteiger partial charge in [0.05, 0.1) is 22.7 Å². The Morgan fingerprint density at radius 1 is 1.28 bits per heavy atom. The van der Waals surface area contributed by atoms with Crippen molar-refractivity contribution >= 4 is 40.2 Å². The highest BCUT2D eigenvalue weighted by Crippen LogP contribution is 2.32. The molecule has 0 aliphatic carbocycles. The number of hydrogen-bond acceptors (Lipinski definition) is 3. The molecule has 1 heterocycles. The van der Waals surface area contributed by atoms with E-state index in [1.165, 1.54) is 25.3 Å². The van der Waals surface area contributed by atoms with Gasteiger partial charge in [0, 0.05) is 24.1 Å². The van der Waals surface area contributed by atoms with Crippen molar-refractivity contribution in [2.24, 2.45) is 4.99 Å². The number of carbonyl (C=O) groups is 1. The van der Waals surface area contributed by atoms with Crippen molar-refractivity contribution in [2.75, 3.05) is 19.0 Å². The Morgan fingerprint density at radius 3 is 2.69 bits per heavy atom. The summed E-state index contributed by atoms with van der Waals surface area (Å²) in [6.07, 6.45) is -4.51. The van der Waals surface area contributed by atoms with Crippen molar-refractivity contribution in [2.45, 2.75) is 19.1 Å². The Kier molecular flexibility index (Phi) is 6.99. The first kappa shape index (κ1) is 23.5. The molecule has 1 amide bonds. The number of methoxy groups -OCH3 is 1. The van der Waals surface area contributed by atoms with Gasteiger partial charge in [-0.25, -0.2) is 4.39 Å². The fraction of sp³-hybridized carbons (Fsp3) is 0.250. The van der Waals surface area contributed by atoms with E-state index >= 15 is 0 Å². The molecule has 0 saturated carbocycles. The van der Waals surface area contributed by atoms with Crippen LogP contribution in [-0.4, -0.2) is 41.8 Å². The minimum atomic E-state index is -4.51. The highest BCUT2D eigenvalue weighted by atomic mass is 35.5. The summed E-state index contributed by atoms with van der Waals surface area (Å²) < 4.78 is 57.6. The largest absolute Gasteiger partial charge is 0.416 e. The predicted molar refractivity (Wildman–Crippen MR) is 112 cm³/mol. The van der Waals surface area contributed by atoms with Crippen LogP contribution >= 0.6 is 11.6 Å². The van der Waals surface area contributed by atoms with Gasteiger partial charge in [-0.2, -0.15) is 23.3 Å². The van der Waals surface area contributed by atoms with Gasteiger partial charge in [0.15, 0.2) is 0 Å². The lowest BCUT2D eigenvalue weighted by atomic mass is 10.1. The summed E-state index contributed by atoms with van der Waals surface area (Å²) >= 11 is 5.64. The first-order chi connectivity index (χ1) is 15.1. The van der Waals surface area contributed by atoms with Gasteiger partial charge in [0.2, 0.25) is 5.96 Å². The summed E-state index contributed by atoms with van der Waals surface area (Å²) in [5, 5.41) is 12.4. The number of aromatic nitrogens is 2. The third-order valence-electron chi connectivity index (χ3n) is 4.31. The molecule has 1 atom stereocenters. The summed E-state index contributed by atoms with van der Waals surface area (Å²) in [7, 11) is 1.49. The molecule has 3 rings (SSSR count). The number of fused-ring (bicyclic) bond motifs is 1. The minimum absolute atomic E-state index is 0.0413. The number of aliphatic imine (C=N–C) groups is 1. The normalized spacial score (nSPS) is 13.3. The maximum atomic E-state index is 13.7. The van der Waals surface area contributed by atoms with Gasteiger partial charge in [0.1, 0.15) is 11.6 Å². The first-order valence-electron chi connectivity index (χ1n) is 9.24. The molecule has 0 radical (unpaired) electrons. The predicted octanol–water partition coefficient (Wildman–Crippen LogP) is 4.61. The summed E-state index contributed by atoms with van der Waals surface area (Å²) in [5.41, 5.74) is -0.821. The average molecular weight is 472 g/mol. The molecule has 2 aromatic carbocycles. The van der Waals surface area contributed by atoms with Crippen LogP contribution < -0.4 is 10.6 Å². The molecule has 0 bridgehead atoms. The van der Waals surface area contributed by atoms with Crippen LogP contribution in [0.2, 0.25) is 5.02 Å². The monoisotopic (exact) mass is 471 g/mol. The Hall–Kier alpha value is -3.18. The van der Waals surface area contributed by atoms with Gasteiger partial charge in [-0.1, -0.05) is 11.6 Å². The molecule has 0 unspecified atom stereocenters. The van der Waals surface area contributed by atoms with E-state index in [-0.39, 0.29) is 40.5 Å². The SMILES string of the molecule is COC[C@H](C)N/C(=N/C(=O)c1ccc(Cl)c(F)c1)Nc1[nH]nc2cc(C(F)(F)F)ccc12. The van der Waals surface area contributed by atoms with E-state index in [2.05, 4.69) is 25.8 Å². The number of carbonyl (C=O) groups excluding carboxylic acids is 1. The molecule has 0 fully saturated rings. The molecule has 3 aromatic rings. The number of halogens is 5. The average Bonchev–Trinajstić information content (AvgIpc) is 3.11. The number of benzene rings is 2. The number of ether oxygens (including phenoxy) is 1. The van der Waals surface area contributed by atoms with Crippen molar-refractivity contribution in [3.8, 4) is 0 Å². The first-order valence-corrected chi connectivity index (χ1v) is 9.62. The molecule has 0 aliphatic rings. The minimum Gasteiger partial charge on any atom is -0.383 e. The van der Waals surface area contributed by atoms with Crippen LogP contribution in [0.5, 0.6) is 0 Å². The van der Waals surface area contributed by atoms with Gasteiger partial charge in [-0.15, -0.1) is 0 Å². The van der Waals surface area contributed by atoms with Crippen LogP contribution in [0.3, 0.4) is 0 Å². The maximum Gasteiger partial charge on any atom is 0.416 e. The third kappa shape index (κ3) is 5.54. The fourth-order valence-electron chi connectivity index (χ4n) is 2.82. The van der Waals surface area contributed by atoms with E-state index in [9.17, 15) is 22.4 Å². The van der Waals surface area contributed by atoms with E-state index < -0.39 is 23.5 Å². The third-order valence-corrected chi connectivity index (χ3v) is 4.61. The van der Waals surface area contributed by atoms with E-state index in [0.717, 1.165) is 18.2 Å². The van der Waals surface area contributed by atoms with Gasteiger partial charge >= 0.3 is 6.18 Å². The van der Waals surface area contributed by atoms with E-state index in [1.807, 2.05) is 0 Å². The standard InChI is InChI=1S/C20H18ClF4N5O2/c1-10(9-32-2)26-19(28-18(31)11-3-6-14(21)15(22)7-11)27-17-13-5-4-12(20(23,24)25)8-16(13)29-30-17/h3-8,10H,9H2,1-2H3,(H3,26,27,28,29,30,31)/t10-/m0/s1. The van der Waals surface area contributed by atoms with Gasteiger partial charge in [-0.3, -0.25) is 9.89 Å². The van der Waals surface area contributed by atoms with Crippen molar-refractivity contribution in [1.29, 1.82) is 0 Å². The Morgan fingerprint density at radius 2 is 2.03 bits per heavy atom. The van der Waals surface area contributed by atoms with Crippen LogP contribution in [0.4, 0.5) is 23.4 Å². The number of hydrogen-bond donors (Lipinski definition) is 3. The second kappa shape index (κ2) is 9.53. The van der Waals surface area contributed by atoms with Crippen molar-refractivity contribution in [1.82, 2.24) is 15.5 Å². The Balaban J connectivity index is 1.93. The number of nitrogens with one attached hydrogen (secondary N) is 3. The van der Waals surface area contributed by atoms with Crippen LogP contribution in [0.15, 0.2) is 41.4 Å². The van der Waals surface area contributed by atoms with Crippen LogP contribution in [0, 0.1) is 5.82 Å². The smallest absolute Gasteiger partial charge is 0.383 e. The van der Waals surface area contributed by atoms with Crippen LogP contribution in [0.25, 0.3) is 10.9 Å². The highest BCUT2D eigenvalue weighted by molar-refractivity contribution is 6.30. The summed E-state index contributed by atoms with van der Waals surface area (Å²) in [6.45, 7) is 2.02. The molecular formula is C20H18ClF4N5O2. The van der Waals surface area contributed by atoms with Gasteiger partial charge in [-0.05, 0) is 43.3 Å². The van der Waals surface area contributed by atoms with Crippen molar-refractivity contribution < 1.29 is 27.1 Å². The van der Waals surface area contributed by atoms with Crippen molar-refractivity contribution in [3.05, 3.63) is 58.4 Å². The quantitative estimate of drug-likeness (QED) is 0.287. The van der Waals surface area contributed by atoms with E-state index in [4.69, 9.17) is 16.3 Å². The number of anilines is 1. The molecular weight excluding hydrogens is 454 g/mol. The number of guanidine groups is 1. The second-order valence-electron chi connectivity index (χ2n) is 6.85. The second-order valence-corrected chi connectivity index (χ2v) is 7.26. The Labute approximate surface area is 184 Å². The summed E-state index contributed by atoms with van der Waals surface area (Å²) in [5.74, 6) is -1.38. The molecule has 0 aliphatic heterocycles. The molecule has 0 saturated heterocycles. The zero-order chi connectivity index (χ0) is 23.5. The number of rotatable bonds is 5. The lowest BCUT2D eigenvalue weighted by molar-refractivity contribution is -0.137. The van der Waals surface area contributed by atoms with E-state index in [1.54, 1.807) is 6.92 Å². The topological polar surface area (TPSA) is 91.4 Å². The molecule has 1 aromatic heterocycles. The molecule has 0 spiro atoms. The maximum absolute atomic E-state index is 13.7. The number of alkyl halides is 3. The molecule has 12 heteroatoms. The Bertz CT molecular complexity index is 1160. The van der Waals surface area contributed by atoms with Gasteiger partial charge < -0.3 is 15.4 Å². The molecule has 7 nitrogen and oxygen atoms in total. The van der Waals surface area contributed by atoms with Crippen molar-refractivity contribution in [3.63, 3.8) is 0 Å². The zero-order valence-electron chi connectivity index (χ0n) is 16.8. The number of aromatic amines is 1. The fourth-order valence-corrected chi connectivity index (χ4v) is 2.94. The highest BCUT2D eigenvalue weighted by Gasteiger charge is 2.31. The van der Waals surface area contributed by atoms with E-state index in [0.29, 0.717) is 5.39 Å². The number of amides is 1.